The minimum atomic E-state index is -5.32. The average Bonchev–Trinajstić information content (AvgIpc) is 3.46. The van der Waals surface area contributed by atoms with Crippen LogP contribution in [0.25, 0.3) is 0 Å². The van der Waals surface area contributed by atoms with Crippen LogP contribution in [0.4, 0.5) is 19.0 Å². The van der Waals surface area contributed by atoms with E-state index in [9.17, 15) is 31.5 Å². The highest BCUT2D eigenvalue weighted by atomic mass is 35.5. The van der Waals surface area contributed by atoms with Crippen LogP contribution in [0, 0.1) is 6.92 Å². The molecule has 2 N–H and O–H groups in total. The number of methoxy groups -OCH3 is 2. The number of nitrogens with zero attached hydrogens (tertiary/aromatic N) is 3. The number of rotatable bonds is 8. The number of carbonyl (C=O) groups excluding carboxylic acids is 2. The highest BCUT2D eigenvalue weighted by Gasteiger charge is 2.72. The summed E-state index contributed by atoms with van der Waals surface area (Å²) >= 11 is 6.44. The molecule has 3 aromatic rings. The third-order valence-electron chi connectivity index (χ3n) is 8.64. The predicted molar refractivity (Wildman–Crippen MR) is 162 cm³/mol. The molecule has 2 unspecified atom stereocenters. The summed E-state index contributed by atoms with van der Waals surface area (Å²) in [7, 11) is 0.110. The van der Waals surface area contributed by atoms with Crippen LogP contribution in [-0.2, 0) is 25.2 Å². The van der Waals surface area contributed by atoms with E-state index in [2.05, 4.69) is 15.0 Å². The topological polar surface area (TPSA) is 144 Å². The number of likely N-dealkylation sites (tertiary alicyclic amines) is 1. The molecule has 2 aliphatic rings. The van der Waals surface area contributed by atoms with Gasteiger partial charge in [-0.1, -0.05) is 23.2 Å². The molecule has 5 rings (SSSR count). The second kappa shape index (κ2) is 11.8. The van der Waals surface area contributed by atoms with Crippen LogP contribution in [0.1, 0.15) is 23.1 Å². The molecular formula is C30H31ClF3N4O8S+. The molecule has 252 valence electrons. The monoisotopic (exact) mass is 699 g/mol. The largest absolute Gasteiger partial charge is 0.573 e. The number of fused-ring (bicyclic) bond motifs is 1. The average molecular weight is 700 g/mol. The lowest BCUT2D eigenvalue weighted by molar-refractivity contribution is -0.953. The number of quaternary nitrogens is 1. The number of halogens is 4. The third-order valence-corrected chi connectivity index (χ3v) is 10.6. The summed E-state index contributed by atoms with van der Waals surface area (Å²) < 4.78 is 84.2. The number of aromatic nitrogens is 1. The molecule has 0 saturated carbocycles. The van der Waals surface area contributed by atoms with Gasteiger partial charge in [0.15, 0.2) is 17.6 Å². The smallest absolute Gasteiger partial charge is 0.497 e. The molecule has 47 heavy (non-hydrogen) atoms. The number of alkyl halides is 3. The first-order chi connectivity index (χ1) is 22.0. The number of benzene rings is 2. The van der Waals surface area contributed by atoms with E-state index in [4.69, 9.17) is 21.1 Å². The number of hydrogen-bond acceptors (Lipinski definition) is 9. The zero-order valence-electron chi connectivity index (χ0n) is 25.8. The van der Waals surface area contributed by atoms with Gasteiger partial charge in [-0.3, -0.25) is 14.1 Å². The van der Waals surface area contributed by atoms with Crippen LogP contribution < -0.4 is 23.8 Å². The van der Waals surface area contributed by atoms with Crippen molar-refractivity contribution in [3.8, 4) is 17.2 Å². The van der Waals surface area contributed by atoms with Crippen molar-refractivity contribution in [1.82, 2.24) is 10.3 Å². The van der Waals surface area contributed by atoms with Crippen molar-refractivity contribution in [2.45, 2.75) is 42.3 Å². The first-order valence-electron chi connectivity index (χ1n) is 14.1. The molecule has 1 saturated heterocycles. The quantitative estimate of drug-likeness (QED) is 0.339. The first kappa shape index (κ1) is 34.2. The molecule has 17 heteroatoms. The summed E-state index contributed by atoms with van der Waals surface area (Å²) in [6.07, 6.45) is -5.48. The molecule has 2 aliphatic heterocycles. The lowest BCUT2D eigenvalue weighted by atomic mass is 9.78. The van der Waals surface area contributed by atoms with Crippen molar-refractivity contribution < 1.29 is 55.0 Å². The molecule has 3 heterocycles. The highest BCUT2D eigenvalue weighted by molar-refractivity contribution is 7.93. The molecule has 0 aliphatic carbocycles. The number of ether oxygens (including phenoxy) is 3. The Balaban J connectivity index is 1.91. The number of anilines is 1. The maximum absolute atomic E-state index is 15.4. The van der Waals surface area contributed by atoms with Gasteiger partial charge in [0.25, 0.3) is 15.9 Å². The van der Waals surface area contributed by atoms with Gasteiger partial charge >= 0.3 is 12.3 Å². The van der Waals surface area contributed by atoms with Crippen molar-refractivity contribution in [2.75, 3.05) is 39.2 Å². The zero-order chi connectivity index (χ0) is 34.7. The van der Waals surface area contributed by atoms with Gasteiger partial charge in [-0.15, -0.1) is 13.2 Å². The maximum Gasteiger partial charge on any atom is 0.573 e. The maximum atomic E-state index is 15.4. The number of nitrogens with one attached hydrogen (secondary N) is 1. The Labute approximate surface area is 273 Å². The van der Waals surface area contributed by atoms with E-state index in [0.29, 0.717) is 9.87 Å². The summed E-state index contributed by atoms with van der Waals surface area (Å²) in [6.45, 7) is 1.49. The van der Waals surface area contributed by atoms with Gasteiger partial charge in [0, 0.05) is 25.7 Å². The number of hydrogen-bond donors (Lipinski definition) is 2. The van der Waals surface area contributed by atoms with Gasteiger partial charge < -0.3 is 24.6 Å². The van der Waals surface area contributed by atoms with Gasteiger partial charge in [-0.05, 0) is 37.3 Å². The second-order valence-corrected chi connectivity index (χ2v) is 13.5. The van der Waals surface area contributed by atoms with Crippen LogP contribution in [0.3, 0.4) is 0 Å². The first-order valence-corrected chi connectivity index (χ1v) is 15.9. The van der Waals surface area contributed by atoms with Gasteiger partial charge in [-0.25, -0.2) is 13.4 Å². The molecule has 1 aromatic heterocycles. The molecule has 1 fully saturated rings. The minimum Gasteiger partial charge on any atom is -0.497 e. The number of amides is 2. The van der Waals surface area contributed by atoms with Gasteiger partial charge in [-0.2, -0.15) is 4.31 Å². The van der Waals surface area contributed by atoms with E-state index in [-0.39, 0.29) is 40.6 Å². The zero-order valence-corrected chi connectivity index (χ0v) is 27.3. The fourth-order valence-corrected chi connectivity index (χ4v) is 8.41. The second-order valence-electron chi connectivity index (χ2n) is 11.3. The SMILES string of the molecule is CNC(=O)[C@@H]1C[C@@H](O)C[N+]1(C)C1(c2cc(C)ccc2OC)C(=O)N(S(=O)(=O)c2ccc(OC)cc2OC(F)(F)F)c2ncc(Cl)cc21. The van der Waals surface area contributed by atoms with Gasteiger partial charge in [0.05, 0.1) is 37.4 Å². The van der Waals surface area contributed by atoms with Crippen LogP contribution in [-0.4, -0.2) is 88.2 Å². The normalized spacial score (nSPS) is 24.2. The Kier molecular flexibility index (Phi) is 8.62. The Morgan fingerprint density at radius 3 is 2.45 bits per heavy atom. The van der Waals surface area contributed by atoms with E-state index in [1.807, 2.05) is 0 Å². The Morgan fingerprint density at radius 1 is 1.13 bits per heavy atom. The van der Waals surface area contributed by atoms with Crippen LogP contribution in [0.15, 0.2) is 53.6 Å². The summed E-state index contributed by atoms with van der Waals surface area (Å²) in [6, 6.07) is 7.64. The van der Waals surface area contributed by atoms with E-state index in [0.717, 1.165) is 31.5 Å². The van der Waals surface area contributed by atoms with E-state index in [1.54, 1.807) is 25.1 Å². The van der Waals surface area contributed by atoms with E-state index < -0.39 is 66.8 Å². The fourth-order valence-electron chi connectivity index (χ4n) is 6.74. The van der Waals surface area contributed by atoms with Crippen molar-refractivity contribution in [3.63, 3.8) is 0 Å². The van der Waals surface area contributed by atoms with Crippen molar-refractivity contribution in [2.24, 2.45) is 0 Å². The molecule has 0 spiro atoms. The van der Waals surface area contributed by atoms with Crippen LogP contribution in [0.2, 0.25) is 5.02 Å². The van der Waals surface area contributed by atoms with Crippen LogP contribution in [0.5, 0.6) is 17.2 Å². The van der Waals surface area contributed by atoms with Crippen molar-refractivity contribution >= 4 is 39.3 Å². The molecule has 4 atom stereocenters. The molecule has 2 amide bonds. The number of carbonyl (C=O) groups is 2. The Bertz CT molecular complexity index is 1880. The third kappa shape index (κ3) is 5.32. The minimum absolute atomic E-state index is 0.0137. The highest BCUT2D eigenvalue weighted by Crippen LogP contribution is 2.57. The molecule has 0 bridgehead atoms. The lowest BCUT2D eigenvalue weighted by Crippen LogP contribution is -2.69. The van der Waals surface area contributed by atoms with Gasteiger partial charge in [0.1, 0.15) is 29.0 Å². The molecule has 2 aromatic carbocycles. The number of pyridine rings is 1. The van der Waals surface area contributed by atoms with Gasteiger partial charge in [0.2, 0.25) is 5.54 Å². The number of likely N-dealkylation sites (N-methyl/N-ethyl adjacent to an activating group) is 2. The number of aliphatic hydroxyl groups is 1. The number of aryl methyl sites for hydroxylation is 1. The number of aliphatic hydroxyl groups excluding tert-OH is 1. The molecule has 12 nitrogen and oxygen atoms in total. The Hall–Kier alpha value is -4.12. The predicted octanol–water partition coefficient (Wildman–Crippen LogP) is 3.26. The van der Waals surface area contributed by atoms with E-state index in [1.165, 1.54) is 27.3 Å². The Morgan fingerprint density at radius 2 is 1.83 bits per heavy atom. The lowest BCUT2D eigenvalue weighted by Gasteiger charge is -2.48. The van der Waals surface area contributed by atoms with Crippen molar-refractivity contribution in [1.29, 1.82) is 0 Å². The fraction of sp³-hybridized carbons (Fsp3) is 0.367. The van der Waals surface area contributed by atoms with Crippen LogP contribution >= 0.6 is 11.6 Å². The molecular weight excluding hydrogens is 669 g/mol. The molecule has 0 radical (unpaired) electrons. The standard InChI is InChI=1S/C30H30ClF3N4O8S/c1-16-6-8-23(45-5)20(10-16)29(38(3)15-18(39)12-22(38)27(40)35-2)21-11-17(31)14-36-26(21)37(28(29)41)47(42,43)25-9-7-19(44-4)13-24(25)46-30(32,33)34/h6-11,13-14,18,22,39H,12,15H2,1-5H3/p+1/t18-,22+,29?,38?/m1/s1. The summed E-state index contributed by atoms with van der Waals surface area (Å²) in [5, 5.41) is 13.6. The van der Waals surface area contributed by atoms with Crippen molar-refractivity contribution in [3.05, 3.63) is 70.4 Å². The van der Waals surface area contributed by atoms with E-state index >= 15 is 4.79 Å². The summed E-state index contributed by atoms with van der Waals surface area (Å²) in [4.78, 5) is 32.0. The summed E-state index contributed by atoms with van der Waals surface area (Å²) in [5.74, 6) is -3.44. The number of sulfonamides is 1. The summed E-state index contributed by atoms with van der Waals surface area (Å²) in [5.41, 5.74) is -1.56.